The number of nitrogens with one attached hydrogen (secondary N) is 1. The smallest absolute Gasteiger partial charge is 0.165 e. The lowest BCUT2D eigenvalue weighted by molar-refractivity contribution is 0.00682. The summed E-state index contributed by atoms with van der Waals surface area (Å²) in [4.78, 5) is 0. The van der Waals surface area contributed by atoms with E-state index in [2.05, 4.69) is 12.2 Å². The monoisotopic (exact) mass is 283 g/mol. The van der Waals surface area contributed by atoms with Gasteiger partial charge in [-0.05, 0) is 50.9 Å². The Balaban J connectivity index is 2.95. The molecule has 0 fully saturated rings. The lowest BCUT2D eigenvalue weighted by atomic mass is 9.93. The Hall–Kier alpha value is -1.13. The predicted molar refractivity (Wildman–Crippen MR) is 79.7 cm³/mol. The number of benzene rings is 1. The van der Waals surface area contributed by atoms with Crippen molar-refractivity contribution in [3.8, 4) is 5.75 Å². The number of rotatable bonds is 8. The molecule has 0 aromatic heterocycles. The fraction of sp³-hybridized carbons (Fsp3) is 0.625. The molecule has 1 aromatic rings. The third kappa shape index (κ3) is 4.76. The summed E-state index contributed by atoms with van der Waals surface area (Å²) in [6, 6.07) is 5.18. The fourth-order valence-corrected chi connectivity index (χ4v) is 2.10. The molecule has 0 amide bonds. The minimum Gasteiger partial charge on any atom is -0.494 e. The van der Waals surface area contributed by atoms with Crippen LogP contribution in [0.15, 0.2) is 18.2 Å². The van der Waals surface area contributed by atoms with Crippen LogP contribution in [0.2, 0.25) is 0 Å². The van der Waals surface area contributed by atoms with Crippen molar-refractivity contribution in [1.82, 2.24) is 5.32 Å². The van der Waals surface area contributed by atoms with Crippen LogP contribution in [0.4, 0.5) is 4.39 Å². The largest absolute Gasteiger partial charge is 0.494 e. The molecule has 1 unspecified atom stereocenters. The van der Waals surface area contributed by atoms with Gasteiger partial charge >= 0.3 is 0 Å². The van der Waals surface area contributed by atoms with Gasteiger partial charge in [0.15, 0.2) is 11.6 Å². The van der Waals surface area contributed by atoms with Gasteiger partial charge in [-0.15, -0.1) is 0 Å². The highest BCUT2D eigenvalue weighted by Gasteiger charge is 2.24. The minimum atomic E-state index is -0.330. The molecule has 0 aliphatic heterocycles. The molecule has 0 aliphatic carbocycles. The van der Waals surface area contributed by atoms with Crippen LogP contribution in [0.25, 0.3) is 0 Å². The molecular weight excluding hydrogens is 257 g/mol. The van der Waals surface area contributed by atoms with E-state index < -0.39 is 0 Å². The summed E-state index contributed by atoms with van der Waals surface area (Å²) in [5.74, 6) is -0.0579. The lowest BCUT2D eigenvalue weighted by Gasteiger charge is -2.29. The average Bonchev–Trinajstić information content (AvgIpc) is 2.43. The molecule has 0 saturated carbocycles. The Bertz CT molecular complexity index is 421. The molecule has 0 heterocycles. The Kier molecular flexibility index (Phi) is 6.43. The zero-order valence-electron chi connectivity index (χ0n) is 13.1. The molecule has 0 radical (unpaired) electrons. The molecule has 0 bridgehead atoms. The van der Waals surface area contributed by atoms with Crippen LogP contribution in [0.1, 0.15) is 45.2 Å². The lowest BCUT2D eigenvalue weighted by Crippen LogP contribution is -2.32. The first-order valence-corrected chi connectivity index (χ1v) is 7.05. The highest BCUT2D eigenvalue weighted by molar-refractivity contribution is 5.31. The van der Waals surface area contributed by atoms with Crippen molar-refractivity contribution < 1.29 is 13.9 Å². The molecule has 1 atom stereocenters. The Labute approximate surface area is 121 Å². The molecule has 4 heteroatoms. The van der Waals surface area contributed by atoms with E-state index in [-0.39, 0.29) is 23.2 Å². The molecule has 0 saturated heterocycles. The van der Waals surface area contributed by atoms with Crippen molar-refractivity contribution in [3.05, 3.63) is 29.6 Å². The van der Waals surface area contributed by atoms with Gasteiger partial charge in [0.2, 0.25) is 0 Å². The normalized spacial score (nSPS) is 13.3. The first-order valence-electron chi connectivity index (χ1n) is 7.05. The molecule has 1 aromatic carbocycles. The van der Waals surface area contributed by atoms with Gasteiger partial charge in [0, 0.05) is 13.2 Å². The van der Waals surface area contributed by atoms with Crippen LogP contribution >= 0.6 is 0 Å². The van der Waals surface area contributed by atoms with Crippen LogP contribution in [0.3, 0.4) is 0 Å². The minimum absolute atomic E-state index is 0.0605. The number of methoxy groups -OCH3 is 2. The maximum atomic E-state index is 13.9. The molecule has 1 rings (SSSR count). The van der Waals surface area contributed by atoms with E-state index in [1.807, 2.05) is 19.9 Å². The summed E-state index contributed by atoms with van der Waals surface area (Å²) in [6.45, 7) is 7.07. The molecule has 0 aliphatic rings. The zero-order chi connectivity index (χ0) is 15.2. The Morgan fingerprint density at radius 2 is 2.00 bits per heavy atom. The zero-order valence-corrected chi connectivity index (χ0v) is 13.1. The van der Waals surface area contributed by atoms with Crippen LogP contribution in [0, 0.1) is 5.82 Å². The fourth-order valence-electron chi connectivity index (χ4n) is 2.10. The van der Waals surface area contributed by atoms with E-state index in [1.54, 1.807) is 13.2 Å². The van der Waals surface area contributed by atoms with Crippen LogP contribution in [-0.4, -0.2) is 26.4 Å². The number of halogens is 1. The SMILES string of the molecule is CCCNC(CC(C)(C)OC)c1ccc(OC)c(F)c1. The van der Waals surface area contributed by atoms with Gasteiger partial charge in [-0.2, -0.15) is 0 Å². The van der Waals surface area contributed by atoms with Crippen molar-refractivity contribution in [3.63, 3.8) is 0 Å². The first-order chi connectivity index (χ1) is 9.43. The maximum Gasteiger partial charge on any atom is 0.165 e. The Morgan fingerprint density at radius 1 is 1.30 bits per heavy atom. The summed E-state index contributed by atoms with van der Waals surface area (Å²) in [7, 11) is 3.17. The number of hydrogen-bond donors (Lipinski definition) is 1. The third-order valence-corrected chi connectivity index (χ3v) is 3.47. The molecular formula is C16H26FNO2. The van der Waals surface area contributed by atoms with Crippen LogP contribution in [0.5, 0.6) is 5.75 Å². The summed E-state index contributed by atoms with van der Waals surface area (Å²) in [6.07, 6.45) is 1.80. The summed E-state index contributed by atoms with van der Waals surface area (Å²) >= 11 is 0. The van der Waals surface area contributed by atoms with Crippen molar-refractivity contribution in [2.75, 3.05) is 20.8 Å². The van der Waals surface area contributed by atoms with Crippen molar-refractivity contribution in [2.24, 2.45) is 0 Å². The van der Waals surface area contributed by atoms with E-state index in [9.17, 15) is 4.39 Å². The molecule has 20 heavy (non-hydrogen) atoms. The van der Waals surface area contributed by atoms with E-state index in [4.69, 9.17) is 9.47 Å². The van der Waals surface area contributed by atoms with Crippen molar-refractivity contribution in [2.45, 2.75) is 45.3 Å². The summed E-state index contributed by atoms with van der Waals surface area (Å²) in [5, 5.41) is 3.45. The number of ether oxygens (including phenoxy) is 2. The van der Waals surface area contributed by atoms with Gasteiger partial charge in [0.25, 0.3) is 0 Å². The van der Waals surface area contributed by atoms with Gasteiger partial charge in [-0.3, -0.25) is 0 Å². The predicted octanol–water partition coefficient (Wildman–Crippen LogP) is 3.69. The van der Waals surface area contributed by atoms with E-state index in [0.29, 0.717) is 0 Å². The van der Waals surface area contributed by atoms with E-state index in [0.717, 1.165) is 24.9 Å². The molecule has 114 valence electrons. The first kappa shape index (κ1) is 16.9. The summed E-state index contributed by atoms with van der Waals surface area (Å²) in [5.41, 5.74) is 0.656. The summed E-state index contributed by atoms with van der Waals surface area (Å²) < 4.78 is 24.3. The van der Waals surface area contributed by atoms with Gasteiger partial charge in [-0.1, -0.05) is 13.0 Å². The second-order valence-electron chi connectivity index (χ2n) is 5.57. The van der Waals surface area contributed by atoms with Crippen molar-refractivity contribution >= 4 is 0 Å². The third-order valence-electron chi connectivity index (χ3n) is 3.47. The van der Waals surface area contributed by atoms with Crippen molar-refractivity contribution in [1.29, 1.82) is 0 Å². The molecule has 3 nitrogen and oxygen atoms in total. The van der Waals surface area contributed by atoms with E-state index in [1.165, 1.54) is 13.2 Å². The quantitative estimate of drug-likeness (QED) is 0.789. The Morgan fingerprint density at radius 3 is 2.50 bits per heavy atom. The molecule has 0 spiro atoms. The van der Waals surface area contributed by atoms with Gasteiger partial charge in [-0.25, -0.2) is 4.39 Å². The van der Waals surface area contributed by atoms with Gasteiger partial charge in [0.1, 0.15) is 0 Å². The highest BCUT2D eigenvalue weighted by atomic mass is 19.1. The topological polar surface area (TPSA) is 30.5 Å². The second-order valence-corrected chi connectivity index (χ2v) is 5.57. The van der Waals surface area contributed by atoms with Gasteiger partial charge in [0.05, 0.1) is 12.7 Å². The van der Waals surface area contributed by atoms with Gasteiger partial charge < -0.3 is 14.8 Å². The van der Waals surface area contributed by atoms with Crippen LogP contribution < -0.4 is 10.1 Å². The standard InChI is InChI=1S/C16H26FNO2/c1-6-9-18-14(11-16(2,3)20-5)12-7-8-15(19-4)13(17)10-12/h7-8,10,14,18H,6,9,11H2,1-5H3. The number of hydrogen-bond acceptors (Lipinski definition) is 3. The van der Waals surface area contributed by atoms with Crippen LogP contribution in [-0.2, 0) is 4.74 Å². The maximum absolute atomic E-state index is 13.9. The van der Waals surface area contributed by atoms with E-state index >= 15 is 0 Å². The molecule has 1 N–H and O–H groups in total. The average molecular weight is 283 g/mol. The second kappa shape index (κ2) is 7.60. The highest BCUT2D eigenvalue weighted by Crippen LogP contribution is 2.28.